The van der Waals surface area contributed by atoms with E-state index in [2.05, 4.69) is 16.0 Å². The molecule has 0 bridgehead atoms. The molecule has 0 amide bonds. The highest BCUT2D eigenvalue weighted by molar-refractivity contribution is 6.00. The molecule has 0 aliphatic rings. The van der Waals surface area contributed by atoms with Crippen molar-refractivity contribution in [1.82, 2.24) is 0 Å². The van der Waals surface area contributed by atoms with Crippen molar-refractivity contribution in [1.29, 1.82) is 0 Å². The number of nitrogens with zero attached hydrogens (tertiary/aromatic N) is 3. The number of benzene rings is 1. The van der Waals surface area contributed by atoms with Gasteiger partial charge in [-0.25, -0.2) is 0 Å². The summed E-state index contributed by atoms with van der Waals surface area (Å²) in [5.74, 6) is 0. The third-order valence-electron chi connectivity index (χ3n) is 4.36. The Morgan fingerprint density at radius 2 is 0.697 bits per heavy atom. The molecule has 0 aromatic heterocycles. The van der Waals surface area contributed by atoms with Crippen LogP contribution >= 0.6 is 0 Å². The third-order valence-corrected chi connectivity index (χ3v) is 4.36. The van der Waals surface area contributed by atoms with Crippen LogP contribution in [0.1, 0.15) is 62.3 Å². The molecule has 0 fully saturated rings. The summed E-state index contributed by atoms with van der Waals surface area (Å²) in [6, 6.07) is 0. The minimum atomic E-state index is -0.816. The lowest BCUT2D eigenvalue weighted by molar-refractivity contribution is -0.399. The van der Waals surface area contributed by atoms with Gasteiger partial charge in [0.25, 0.3) is 0 Å². The fourth-order valence-corrected chi connectivity index (χ4v) is 2.82. The average molecular weight is 469 g/mol. The summed E-state index contributed by atoms with van der Waals surface area (Å²) in [6.45, 7) is 17.3. The SMILES string of the molecule is CC(C)(C)CNc1c([N+](=O)[O-])c(NCC(C)(C)C)c([N+](=O)[O-])c(NCC(C)(C)C)c1[N+](=O)[O-]. The molecule has 0 heterocycles. The van der Waals surface area contributed by atoms with Crippen molar-refractivity contribution in [3.63, 3.8) is 0 Å². The molecule has 0 saturated carbocycles. The number of nitrogens with one attached hydrogen (secondary N) is 3. The van der Waals surface area contributed by atoms with Crippen LogP contribution in [0.5, 0.6) is 0 Å². The molecule has 3 N–H and O–H groups in total. The molecule has 12 heteroatoms. The van der Waals surface area contributed by atoms with Gasteiger partial charge < -0.3 is 16.0 Å². The quantitative estimate of drug-likeness (QED) is 0.300. The van der Waals surface area contributed by atoms with Gasteiger partial charge in [-0.3, -0.25) is 30.3 Å². The molecule has 0 radical (unpaired) electrons. The maximum absolute atomic E-state index is 12.1. The molecule has 0 atom stereocenters. The maximum Gasteiger partial charge on any atom is 0.329 e. The third kappa shape index (κ3) is 8.03. The normalized spacial score (nSPS) is 12.3. The Bertz CT molecular complexity index is 785. The van der Waals surface area contributed by atoms with Crippen LogP contribution in [0.3, 0.4) is 0 Å². The van der Waals surface area contributed by atoms with Crippen LogP contribution < -0.4 is 16.0 Å². The van der Waals surface area contributed by atoms with Crippen molar-refractivity contribution in [3.05, 3.63) is 30.3 Å². The second-order valence-electron chi connectivity index (χ2n) is 11.7. The first-order valence-corrected chi connectivity index (χ1v) is 10.6. The number of rotatable bonds is 9. The van der Waals surface area contributed by atoms with E-state index in [-0.39, 0.29) is 52.9 Å². The summed E-state index contributed by atoms with van der Waals surface area (Å²) in [5, 5.41) is 44.9. The van der Waals surface area contributed by atoms with Crippen LogP contribution in [0.2, 0.25) is 0 Å². The van der Waals surface area contributed by atoms with E-state index in [0.29, 0.717) is 0 Å². The molecule has 0 unspecified atom stereocenters. The largest absolute Gasteiger partial charge is 0.373 e. The molecule has 0 aliphatic carbocycles. The molecule has 33 heavy (non-hydrogen) atoms. The van der Waals surface area contributed by atoms with Crippen molar-refractivity contribution in [2.45, 2.75) is 62.3 Å². The van der Waals surface area contributed by atoms with E-state index in [9.17, 15) is 30.3 Å². The lowest BCUT2D eigenvalue weighted by Crippen LogP contribution is -2.25. The Kier molecular flexibility index (Phi) is 8.23. The molecule has 1 rings (SSSR count). The summed E-state index contributed by atoms with van der Waals surface area (Å²) >= 11 is 0. The standard InChI is InChI=1S/C21H36N6O6/c1-19(2,3)10-22-13-16(25(28)29)14(23-11-20(4,5)6)18(27(32)33)15(17(13)26(30)31)24-12-21(7,8)9/h22-24H,10-12H2,1-9H3. The topological polar surface area (TPSA) is 166 Å². The van der Waals surface area contributed by atoms with Crippen LogP contribution in [-0.2, 0) is 0 Å². The van der Waals surface area contributed by atoms with Gasteiger partial charge >= 0.3 is 17.1 Å². The van der Waals surface area contributed by atoms with E-state index in [1.54, 1.807) is 0 Å². The van der Waals surface area contributed by atoms with Gasteiger partial charge in [0.1, 0.15) is 0 Å². The predicted octanol–water partition coefficient (Wildman–Crippen LogP) is 5.79. The lowest BCUT2D eigenvalue weighted by Gasteiger charge is -2.24. The van der Waals surface area contributed by atoms with Gasteiger partial charge in [-0.1, -0.05) is 62.3 Å². The fourth-order valence-electron chi connectivity index (χ4n) is 2.82. The smallest absolute Gasteiger partial charge is 0.329 e. The van der Waals surface area contributed by atoms with Crippen LogP contribution in [-0.4, -0.2) is 34.4 Å². The number of hydrogen-bond acceptors (Lipinski definition) is 9. The second kappa shape index (κ2) is 9.75. The van der Waals surface area contributed by atoms with Gasteiger partial charge in [-0.15, -0.1) is 0 Å². The number of anilines is 3. The van der Waals surface area contributed by atoms with E-state index >= 15 is 0 Å². The van der Waals surface area contributed by atoms with Gasteiger partial charge in [0.2, 0.25) is 0 Å². The van der Waals surface area contributed by atoms with Gasteiger partial charge in [0, 0.05) is 19.6 Å². The Morgan fingerprint density at radius 3 is 0.818 bits per heavy atom. The molecular weight excluding hydrogens is 432 g/mol. The van der Waals surface area contributed by atoms with Gasteiger partial charge in [0.15, 0.2) is 17.1 Å². The van der Waals surface area contributed by atoms with E-state index in [4.69, 9.17) is 0 Å². The molecule has 1 aromatic carbocycles. The Morgan fingerprint density at radius 1 is 0.515 bits per heavy atom. The zero-order valence-corrected chi connectivity index (χ0v) is 20.9. The zero-order chi connectivity index (χ0) is 25.9. The summed E-state index contributed by atoms with van der Waals surface area (Å²) in [6.07, 6.45) is 0. The molecule has 12 nitrogen and oxygen atoms in total. The molecule has 0 saturated heterocycles. The van der Waals surface area contributed by atoms with Gasteiger partial charge in [0.05, 0.1) is 14.8 Å². The van der Waals surface area contributed by atoms with E-state index in [0.717, 1.165) is 0 Å². The van der Waals surface area contributed by atoms with Crippen LogP contribution in [0.25, 0.3) is 0 Å². The summed E-state index contributed by atoms with van der Waals surface area (Å²) in [5.41, 5.74) is -4.37. The number of hydrogen-bond donors (Lipinski definition) is 3. The predicted molar refractivity (Wildman–Crippen MR) is 130 cm³/mol. The van der Waals surface area contributed by atoms with Crippen molar-refractivity contribution in [3.8, 4) is 0 Å². The number of nitro groups is 3. The first-order valence-electron chi connectivity index (χ1n) is 10.6. The maximum atomic E-state index is 12.1. The monoisotopic (exact) mass is 468 g/mol. The minimum absolute atomic E-state index is 0.171. The van der Waals surface area contributed by atoms with E-state index in [1.807, 2.05) is 62.3 Å². The van der Waals surface area contributed by atoms with Crippen molar-refractivity contribution in [2.75, 3.05) is 35.6 Å². The summed E-state index contributed by atoms with van der Waals surface area (Å²) in [7, 11) is 0. The van der Waals surface area contributed by atoms with Gasteiger partial charge in [-0.05, 0) is 16.2 Å². The van der Waals surface area contributed by atoms with Gasteiger partial charge in [-0.2, -0.15) is 0 Å². The van der Waals surface area contributed by atoms with Crippen molar-refractivity contribution in [2.24, 2.45) is 16.2 Å². The zero-order valence-electron chi connectivity index (χ0n) is 20.9. The molecule has 0 spiro atoms. The first kappa shape index (κ1) is 27.9. The highest BCUT2D eigenvalue weighted by Crippen LogP contribution is 2.53. The molecule has 0 aliphatic heterocycles. The summed E-state index contributed by atoms with van der Waals surface area (Å²) in [4.78, 5) is 33.9. The summed E-state index contributed by atoms with van der Waals surface area (Å²) < 4.78 is 0. The van der Waals surface area contributed by atoms with Crippen LogP contribution in [0.4, 0.5) is 34.1 Å². The first-order chi connectivity index (χ1) is 14.7. The van der Waals surface area contributed by atoms with Crippen LogP contribution in [0, 0.1) is 46.6 Å². The number of nitro benzene ring substituents is 3. The second-order valence-corrected chi connectivity index (χ2v) is 11.7. The molecule has 186 valence electrons. The van der Waals surface area contributed by atoms with E-state index in [1.165, 1.54) is 0 Å². The lowest BCUT2D eigenvalue weighted by atomic mass is 9.95. The minimum Gasteiger partial charge on any atom is -0.373 e. The molecular formula is C21H36N6O6. The highest BCUT2D eigenvalue weighted by atomic mass is 16.6. The van der Waals surface area contributed by atoms with Crippen molar-refractivity contribution < 1.29 is 14.8 Å². The van der Waals surface area contributed by atoms with Crippen molar-refractivity contribution >= 4 is 34.1 Å². The fraction of sp³-hybridized carbons (Fsp3) is 0.714. The average Bonchev–Trinajstić information content (AvgIpc) is 2.58. The Hall–Kier alpha value is -3.18. The van der Waals surface area contributed by atoms with E-state index < -0.39 is 31.8 Å². The molecule has 1 aromatic rings. The Balaban J connectivity index is 4.08. The Labute approximate surface area is 194 Å². The highest BCUT2D eigenvalue weighted by Gasteiger charge is 2.43. The van der Waals surface area contributed by atoms with Crippen LogP contribution in [0.15, 0.2) is 0 Å².